The third-order valence-electron chi connectivity index (χ3n) is 12.8. The number of amides is 1. The lowest BCUT2D eigenvalue weighted by molar-refractivity contribution is -0.295. The summed E-state index contributed by atoms with van der Waals surface area (Å²) in [5.74, 6) is -3.16. The number of carbonyl (C=O) groups excluding carboxylic acids is 3. The van der Waals surface area contributed by atoms with Gasteiger partial charge in [-0.05, 0) is 105 Å². The first kappa shape index (κ1) is 51.2. The molecule has 3 unspecified atom stereocenters. The Morgan fingerprint density at radius 3 is 2.42 bits per heavy atom. The number of aryl methyl sites for hydroxylation is 1. The Balaban J connectivity index is 0.00000273. The first-order valence-electron chi connectivity index (χ1n) is 21.8. The number of ether oxygens (including phenoxy) is 5. The second-order valence-corrected chi connectivity index (χ2v) is 18.3. The number of aromatic nitrogens is 3. The van der Waals surface area contributed by atoms with E-state index >= 15 is 0 Å². The summed E-state index contributed by atoms with van der Waals surface area (Å²) in [6, 6.07) is 6.46. The van der Waals surface area contributed by atoms with Crippen LogP contribution in [0.3, 0.4) is 0 Å². The molecule has 3 aliphatic rings. The van der Waals surface area contributed by atoms with Crippen molar-refractivity contribution in [1.82, 2.24) is 30.1 Å². The molecule has 16 nitrogen and oxygen atoms in total. The second kappa shape index (κ2) is 22.5. The number of anilines is 1. The van der Waals surface area contributed by atoms with Crippen molar-refractivity contribution in [3.8, 4) is 11.3 Å². The summed E-state index contributed by atoms with van der Waals surface area (Å²) in [7, 11) is 5.39. The average molecular weight is 894 g/mol. The van der Waals surface area contributed by atoms with Gasteiger partial charge in [0.2, 0.25) is 0 Å². The minimum atomic E-state index is -1.23. The van der Waals surface area contributed by atoms with Gasteiger partial charge in [0.1, 0.15) is 23.8 Å². The van der Waals surface area contributed by atoms with E-state index in [1.165, 1.54) is 13.2 Å². The van der Waals surface area contributed by atoms with E-state index in [1.54, 1.807) is 23.6 Å². The van der Waals surface area contributed by atoms with Gasteiger partial charge in [0.05, 0.1) is 30.0 Å². The third kappa shape index (κ3) is 12.0. The van der Waals surface area contributed by atoms with Crippen LogP contribution in [-0.2, 0) is 39.8 Å². The molecule has 0 aliphatic carbocycles. The molecule has 0 bridgehead atoms. The number of benzene rings is 1. The van der Waals surface area contributed by atoms with Crippen LogP contribution in [0.25, 0.3) is 11.3 Å². The lowest BCUT2D eigenvalue weighted by atomic mass is 9.78. The van der Waals surface area contributed by atoms with E-state index in [4.69, 9.17) is 29.4 Å². The fourth-order valence-electron chi connectivity index (χ4n) is 9.45. The van der Waals surface area contributed by atoms with E-state index in [9.17, 15) is 23.4 Å². The van der Waals surface area contributed by atoms with Gasteiger partial charge in [0, 0.05) is 67.9 Å². The number of esters is 1. The summed E-state index contributed by atoms with van der Waals surface area (Å²) in [6.45, 7) is 16.4. The van der Waals surface area contributed by atoms with Crippen LogP contribution in [0, 0.1) is 17.8 Å². The molecular weight excluding hydrogens is 822 g/mol. The number of halogens is 1. The number of rotatable bonds is 11. The van der Waals surface area contributed by atoms with Crippen molar-refractivity contribution in [3.63, 3.8) is 0 Å². The number of fused-ring (bicyclic) bond motifs is 1. The Morgan fingerprint density at radius 1 is 1.11 bits per heavy atom. The number of ketones is 1. The third-order valence-corrected chi connectivity index (χ3v) is 12.8. The number of nitrogen functional groups attached to an aromatic ring is 1. The minimum absolute atomic E-state index is 0.0125. The Kier molecular flexibility index (Phi) is 18.6. The van der Waals surface area contributed by atoms with E-state index in [1.807, 2.05) is 84.1 Å². The number of hydrogen-bond acceptors (Lipinski definition) is 15. The van der Waals surface area contributed by atoms with E-state index < -0.39 is 71.5 Å². The highest BCUT2D eigenvalue weighted by molar-refractivity contribution is 7.93. The Hall–Kier alpha value is -3.39. The standard InChI is InChI=1S/C43H69N7O9.CH3FS/c1-12-34-43(8)37(50(41(54)59-43)19-14-13-18-49-24-32(46-47-49)30-16-15-17-31(44)21-30)29(6)45-23-25(2)22-42(7,55-11)38(27(4)35(51)28(5)39(53)57-34)58-40-36(52)33(48(9)10)20-26(3)56-40;1-3-2/h15-17,21,24-29,33-34,36-38,40,45,52H,12-14,18-20,22-23,44H2,1-11H3;1H3/t25-,26?,27+,28-,29-,33?,34-,36?,37-,38-,40+,42-,43-;/m1./s1. The number of unbranched alkanes of at least 4 members (excludes halogenated alkanes) is 1. The van der Waals surface area contributed by atoms with Crippen LogP contribution >= 0.6 is 12.1 Å². The molecule has 0 spiro atoms. The van der Waals surface area contributed by atoms with Crippen LogP contribution in [0.1, 0.15) is 87.5 Å². The molecule has 350 valence electrons. The van der Waals surface area contributed by atoms with Crippen molar-refractivity contribution in [2.45, 2.75) is 154 Å². The largest absolute Gasteiger partial charge is 0.458 e. The second-order valence-electron chi connectivity index (χ2n) is 17.9. The summed E-state index contributed by atoms with van der Waals surface area (Å²) >= 11 is 0.250. The SMILES string of the molecule is CC[C@H]1OC(=O)[C@H](C)C(=O)[C@H](C)[C@@H](O[C@@H]2OC(C)CC(N(C)C)C2O)[C@](C)(OC)C[C@@H](C)CN[C@H](C)[C@H]2N(CCCCn3cc(-c4cccc(N)c4)nn3)C(=O)O[C@]12C.CSF. The Labute approximate surface area is 371 Å². The zero-order valence-electron chi connectivity index (χ0n) is 38.7. The van der Waals surface area contributed by atoms with Gasteiger partial charge >= 0.3 is 12.1 Å². The molecular formula is C44H72FN7O9S. The molecule has 2 aromatic rings. The molecule has 0 saturated carbocycles. The summed E-state index contributed by atoms with van der Waals surface area (Å²) in [5, 5.41) is 23.7. The van der Waals surface area contributed by atoms with Crippen molar-refractivity contribution in [3.05, 3.63) is 30.5 Å². The fourth-order valence-corrected chi connectivity index (χ4v) is 9.45. The fraction of sp³-hybridized carbons (Fsp3) is 0.750. The number of nitrogens with one attached hydrogen (secondary N) is 1. The average Bonchev–Trinajstić information content (AvgIpc) is 3.80. The molecule has 3 aliphatic heterocycles. The minimum Gasteiger partial charge on any atom is -0.458 e. The van der Waals surface area contributed by atoms with Gasteiger partial charge in [0.15, 0.2) is 17.7 Å². The lowest BCUT2D eigenvalue weighted by Crippen LogP contribution is -2.61. The molecule has 1 aromatic heterocycles. The Morgan fingerprint density at radius 2 is 1.79 bits per heavy atom. The summed E-state index contributed by atoms with van der Waals surface area (Å²) < 4.78 is 43.5. The van der Waals surface area contributed by atoms with Crippen LogP contribution in [0.2, 0.25) is 0 Å². The Bertz CT molecular complexity index is 1780. The molecule has 62 heavy (non-hydrogen) atoms. The molecule has 3 fully saturated rings. The van der Waals surface area contributed by atoms with E-state index in [-0.39, 0.29) is 36.3 Å². The molecule has 3 saturated heterocycles. The summed E-state index contributed by atoms with van der Waals surface area (Å²) in [5.41, 5.74) is 5.95. The number of cyclic esters (lactones) is 1. The van der Waals surface area contributed by atoms with Crippen molar-refractivity contribution in [2.24, 2.45) is 17.8 Å². The molecule has 4 heterocycles. The van der Waals surface area contributed by atoms with Crippen molar-refractivity contribution in [1.29, 1.82) is 0 Å². The predicted molar refractivity (Wildman–Crippen MR) is 237 cm³/mol. The number of aliphatic hydroxyl groups is 1. The van der Waals surface area contributed by atoms with Gasteiger partial charge in [-0.3, -0.25) is 19.2 Å². The zero-order chi connectivity index (χ0) is 46.1. The van der Waals surface area contributed by atoms with Crippen molar-refractivity contribution >= 4 is 35.7 Å². The molecule has 4 N–H and O–H groups in total. The van der Waals surface area contributed by atoms with Gasteiger partial charge in [-0.15, -0.1) is 5.10 Å². The first-order valence-corrected chi connectivity index (χ1v) is 23.0. The van der Waals surface area contributed by atoms with Crippen LogP contribution in [-0.4, -0.2) is 148 Å². The number of methoxy groups -OCH3 is 1. The van der Waals surface area contributed by atoms with Gasteiger partial charge in [-0.2, -0.15) is 3.89 Å². The van der Waals surface area contributed by atoms with Gasteiger partial charge in [-0.1, -0.05) is 38.1 Å². The number of hydrogen-bond donors (Lipinski definition) is 3. The highest BCUT2D eigenvalue weighted by Gasteiger charge is 2.58. The molecule has 5 rings (SSSR count). The molecule has 13 atom stereocenters. The van der Waals surface area contributed by atoms with Gasteiger partial charge in [0.25, 0.3) is 0 Å². The highest BCUT2D eigenvalue weighted by atomic mass is 32.2. The van der Waals surface area contributed by atoms with Gasteiger partial charge < -0.3 is 44.7 Å². The maximum atomic E-state index is 14.4. The highest BCUT2D eigenvalue weighted by Crippen LogP contribution is 2.40. The number of aliphatic hydroxyl groups excluding tert-OH is 1. The maximum absolute atomic E-state index is 14.4. The lowest BCUT2D eigenvalue weighted by Gasteiger charge is -2.46. The quantitative estimate of drug-likeness (QED) is 0.111. The smallest absolute Gasteiger partial charge is 0.410 e. The molecule has 1 amide bonds. The predicted octanol–water partition coefficient (Wildman–Crippen LogP) is 5.52. The number of nitrogens with two attached hydrogens (primary N) is 1. The normalized spacial score (nSPS) is 35.0. The van der Waals surface area contributed by atoms with Gasteiger partial charge in [-0.25, -0.2) is 4.79 Å². The topological polar surface area (TPSA) is 193 Å². The van der Waals surface area contributed by atoms with Crippen LogP contribution in [0.5, 0.6) is 0 Å². The number of likely N-dealkylation sites (N-methyl/N-ethyl adjacent to an activating group) is 1. The number of Topliss-reactive ketones (excluding diaryl/α,β-unsaturated/α-hetero) is 1. The van der Waals surface area contributed by atoms with E-state index in [2.05, 4.69) is 22.6 Å². The zero-order valence-corrected chi connectivity index (χ0v) is 39.5. The van der Waals surface area contributed by atoms with Crippen LogP contribution in [0.15, 0.2) is 30.5 Å². The van der Waals surface area contributed by atoms with E-state index in [0.29, 0.717) is 57.4 Å². The van der Waals surface area contributed by atoms with Crippen molar-refractivity contribution in [2.75, 3.05) is 46.3 Å². The number of carbonyl (C=O) groups is 3. The van der Waals surface area contributed by atoms with E-state index in [0.717, 1.165) is 11.3 Å². The van der Waals surface area contributed by atoms with Crippen LogP contribution in [0.4, 0.5) is 14.4 Å². The first-order chi connectivity index (χ1) is 29.2. The monoisotopic (exact) mass is 894 g/mol. The molecule has 18 heteroatoms. The summed E-state index contributed by atoms with van der Waals surface area (Å²) in [4.78, 5) is 45.9. The maximum Gasteiger partial charge on any atom is 0.410 e. The van der Waals surface area contributed by atoms with Crippen LogP contribution < -0.4 is 11.1 Å². The molecule has 0 radical (unpaired) electrons. The van der Waals surface area contributed by atoms with Crippen molar-refractivity contribution < 1.29 is 47.1 Å². The molecule has 1 aromatic carbocycles. The number of nitrogens with zero attached hydrogens (tertiary/aromatic N) is 5. The summed E-state index contributed by atoms with van der Waals surface area (Å²) in [6.07, 6.45) is 1.57.